The summed E-state index contributed by atoms with van der Waals surface area (Å²) in [5, 5.41) is 0. The van der Waals surface area contributed by atoms with Crippen LogP contribution in [-0.2, 0) is 16.0 Å². The van der Waals surface area contributed by atoms with Crippen molar-refractivity contribution in [1.29, 1.82) is 0 Å². The van der Waals surface area contributed by atoms with Gasteiger partial charge in [-0.25, -0.2) is 0 Å². The molecule has 0 amide bonds. The van der Waals surface area contributed by atoms with Crippen molar-refractivity contribution >= 4 is 29.2 Å². The van der Waals surface area contributed by atoms with Gasteiger partial charge in [0.05, 0.1) is 6.42 Å². The van der Waals surface area contributed by atoms with E-state index in [0.717, 1.165) is 5.56 Å². The summed E-state index contributed by atoms with van der Waals surface area (Å²) in [7, 11) is 0. The molecule has 0 saturated heterocycles. The zero-order valence-electron chi connectivity index (χ0n) is 7.45. The van der Waals surface area contributed by atoms with Crippen LogP contribution in [0.5, 0.6) is 0 Å². The van der Waals surface area contributed by atoms with Gasteiger partial charge in [-0.05, 0) is 5.56 Å². The van der Waals surface area contributed by atoms with Crippen molar-refractivity contribution < 1.29 is 9.53 Å². The Morgan fingerprint density at radius 2 is 1.93 bits per heavy atom. The number of rotatable bonds is 4. The molecular formula is C10H10Cl2O2. The lowest BCUT2D eigenvalue weighted by atomic mass is 10.2. The van der Waals surface area contributed by atoms with E-state index >= 15 is 0 Å². The standard InChI is InChI=1S/C10H10Cl2O2/c11-9(12)7-14-10(13)6-8-4-2-1-3-5-8/h1-5,9H,6-7H2. The molecule has 0 atom stereocenters. The van der Waals surface area contributed by atoms with Crippen LogP contribution in [-0.4, -0.2) is 17.4 Å². The topological polar surface area (TPSA) is 26.3 Å². The number of hydrogen-bond donors (Lipinski definition) is 0. The van der Waals surface area contributed by atoms with Crippen LogP contribution in [0.1, 0.15) is 5.56 Å². The third kappa shape index (κ3) is 4.49. The van der Waals surface area contributed by atoms with Gasteiger partial charge in [0, 0.05) is 0 Å². The van der Waals surface area contributed by atoms with E-state index in [2.05, 4.69) is 0 Å². The first-order valence-electron chi connectivity index (χ1n) is 4.16. The molecule has 1 aromatic carbocycles. The van der Waals surface area contributed by atoms with E-state index in [1.807, 2.05) is 30.3 Å². The monoisotopic (exact) mass is 232 g/mol. The Morgan fingerprint density at radius 1 is 1.29 bits per heavy atom. The summed E-state index contributed by atoms with van der Waals surface area (Å²) in [5.41, 5.74) is 0.915. The second-order valence-corrected chi connectivity index (χ2v) is 4.01. The smallest absolute Gasteiger partial charge is 0.310 e. The summed E-state index contributed by atoms with van der Waals surface area (Å²) in [6, 6.07) is 9.35. The Hall–Kier alpha value is -0.730. The van der Waals surface area contributed by atoms with E-state index in [1.165, 1.54) is 0 Å². The minimum atomic E-state index is -0.658. The molecule has 0 aliphatic heterocycles. The summed E-state index contributed by atoms with van der Waals surface area (Å²) in [6.45, 7) is 0.0365. The molecule has 0 aliphatic carbocycles. The molecule has 0 spiro atoms. The van der Waals surface area contributed by atoms with Gasteiger partial charge in [0.2, 0.25) is 0 Å². The molecule has 76 valence electrons. The Balaban J connectivity index is 2.35. The second-order valence-electron chi connectivity index (χ2n) is 2.74. The number of alkyl halides is 2. The lowest BCUT2D eigenvalue weighted by molar-refractivity contribution is -0.142. The fourth-order valence-corrected chi connectivity index (χ4v) is 1.10. The quantitative estimate of drug-likeness (QED) is 0.590. The van der Waals surface area contributed by atoms with E-state index < -0.39 is 4.84 Å². The average Bonchev–Trinajstić information content (AvgIpc) is 2.16. The molecule has 4 heteroatoms. The molecule has 14 heavy (non-hydrogen) atoms. The Bertz CT molecular complexity index is 285. The Labute approximate surface area is 92.8 Å². The predicted molar refractivity (Wildman–Crippen MR) is 56.6 cm³/mol. The van der Waals surface area contributed by atoms with E-state index in [-0.39, 0.29) is 19.0 Å². The SMILES string of the molecule is O=C(Cc1ccccc1)OCC(Cl)Cl. The van der Waals surface area contributed by atoms with Gasteiger partial charge in [0.1, 0.15) is 11.4 Å². The average molecular weight is 233 g/mol. The van der Waals surface area contributed by atoms with Gasteiger partial charge in [-0.3, -0.25) is 4.79 Å². The molecule has 0 fully saturated rings. The second kappa shape index (κ2) is 5.89. The lowest BCUT2D eigenvalue weighted by Gasteiger charge is -2.04. The number of halogens is 2. The zero-order valence-corrected chi connectivity index (χ0v) is 8.96. The summed E-state index contributed by atoms with van der Waals surface area (Å²) >= 11 is 10.8. The molecule has 2 nitrogen and oxygen atoms in total. The van der Waals surface area contributed by atoms with Gasteiger partial charge in [-0.1, -0.05) is 30.3 Å². The molecule has 0 aliphatic rings. The van der Waals surface area contributed by atoms with Crippen LogP contribution in [0.3, 0.4) is 0 Å². The van der Waals surface area contributed by atoms with Crippen molar-refractivity contribution in [3.63, 3.8) is 0 Å². The van der Waals surface area contributed by atoms with Gasteiger partial charge in [-0.15, -0.1) is 23.2 Å². The Kier molecular flexibility index (Phi) is 4.77. The molecule has 0 saturated carbocycles. The van der Waals surface area contributed by atoms with Crippen LogP contribution in [0.25, 0.3) is 0 Å². The summed E-state index contributed by atoms with van der Waals surface area (Å²) in [6.07, 6.45) is 0.251. The third-order valence-electron chi connectivity index (χ3n) is 1.56. The maximum Gasteiger partial charge on any atom is 0.310 e. The maximum atomic E-state index is 11.2. The first kappa shape index (κ1) is 11.3. The number of carbonyl (C=O) groups excluding carboxylic acids is 1. The van der Waals surface area contributed by atoms with E-state index in [0.29, 0.717) is 0 Å². The highest BCUT2D eigenvalue weighted by atomic mass is 35.5. The first-order valence-corrected chi connectivity index (χ1v) is 5.03. The van der Waals surface area contributed by atoms with Gasteiger partial charge < -0.3 is 4.74 Å². The largest absolute Gasteiger partial charge is 0.463 e. The van der Waals surface area contributed by atoms with Crippen LogP contribution in [0.2, 0.25) is 0 Å². The molecule has 0 unspecified atom stereocenters. The number of ether oxygens (including phenoxy) is 1. The van der Waals surface area contributed by atoms with Crippen molar-refractivity contribution in [2.75, 3.05) is 6.61 Å². The molecule has 0 aromatic heterocycles. The fourth-order valence-electron chi connectivity index (χ4n) is 0.969. The molecule has 0 N–H and O–H groups in total. The number of benzene rings is 1. The van der Waals surface area contributed by atoms with Crippen molar-refractivity contribution in [3.8, 4) is 0 Å². The number of hydrogen-bond acceptors (Lipinski definition) is 2. The van der Waals surface area contributed by atoms with Gasteiger partial charge in [-0.2, -0.15) is 0 Å². The normalized spacial score (nSPS) is 10.2. The molecular weight excluding hydrogens is 223 g/mol. The fraction of sp³-hybridized carbons (Fsp3) is 0.300. The minimum Gasteiger partial charge on any atom is -0.463 e. The molecule has 0 heterocycles. The van der Waals surface area contributed by atoms with Crippen molar-refractivity contribution in [3.05, 3.63) is 35.9 Å². The van der Waals surface area contributed by atoms with E-state index in [4.69, 9.17) is 27.9 Å². The molecule has 0 radical (unpaired) electrons. The van der Waals surface area contributed by atoms with Crippen LogP contribution < -0.4 is 0 Å². The Morgan fingerprint density at radius 3 is 2.50 bits per heavy atom. The summed E-state index contributed by atoms with van der Waals surface area (Å²) in [5.74, 6) is -0.317. The minimum absolute atomic E-state index is 0.0365. The highest BCUT2D eigenvalue weighted by Gasteiger charge is 2.06. The van der Waals surface area contributed by atoms with Gasteiger partial charge in [0.25, 0.3) is 0 Å². The van der Waals surface area contributed by atoms with Crippen LogP contribution in [0.15, 0.2) is 30.3 Å². The van der Waals surface area contributed by atoms with Crippen LogP contribution in [0.4, 0.5) is 0 Å². The molecule has 0 bridgehead atoms. The van der Waals surface area contributed by atoms with Gasteiger partial charge in [0.15, 0.2) is 0 Å². The highest BCUT2D eigenvalue weighted by molar-refractivity contribution is 6.44. The maximum absolute atomic E-state index is 11.2. The summed E-state index contributed by atoms with van der Waals surface area (Å²) < 4.78 is 4.80. The number of esters is 1. The summed E-state index contributed by atoms with van der Waals surface area (Å²) in [4.78, 5) is 10.5. The third-order valence-corrected chi connectivity index (χ3v) is 1.81. The number of carbonyl (C=O) groups is 1. The lowest BCUT2D eigenvalue weighted by Crippen LogP contribution is -2.12. The van der Waals surface area contributed by atoms with Gasteiger partial charge >= 0.3 is 5.97 Å². The molecule has 1 rings (SSSR count). The van der Waals surface area contributed by atoms with Crippen molar-refractivity contribution in [1.82, 2.24) is 0 Å². The van der Waals surface area contributed by atoms with E-state index in [1.54, 1.807) is 0 Å². The van der Waals surface area contributed by atoms with E-state index in [9.17, 15) is 4.79 Å². The van der Waals surface area contributed by atoms with Crippen LogP contribution in [0, 0.1) is 0 Å². The molecule has 1 aromatic rings. The van der Waals surface area contributed by atoms with Crippen LogP contribution >= 0.6 is 23.2 Å². The zero-order chi connectivity index (χ0) is 10.4. The van der Waals surface area contributed by atoms with Crippen molar-refractivity contribution in [2.24, 2.45) is 0 Å². The first-order chi connectivity index (χ1) is 6.68. The highest BCUT2D eigenvalue weighted by Crippen LogP contribution is 2.04. The van der Waals surface area contributed by atoms with Crippen molar-refractivity contribution in [2.45, 2.75) is 11.3 Å². The predicted octanol–water partition coefficient (Wildman–Crippen LogP) is 2.58.